The smallest absolute Gasteiger partial charge is 0.328 e. The number of hydrogen-bond donors (Lipinski definition) is 7. The number of carbonyl (C=O) groups excluding carboxylic acids is 10. The van der Waals surface area contributed by atoms with Gasteiger partial charge in [0.15, 0.2) is 11.5 Å². The van der Waals surface area contributed by atoms with Gasteiger partial charge in [-0.15, -0.1) is 0 Å². The van der Waals surface area contributed by atoms with Crippen molar-refractivity contribution in [2.24, 2.45) is 5.92 Å². The third-order valence-electron chi connectivity index (χ3n) is 11.0. The summed E-state index contributed by atoms with van der Waals surface area (Å²) in [5, 5.41) is 18.4. The number of carbonyl (C=O) groups is 10. The van der Waals surface area contributed by atoms with Crippen LogP contribution in [0.2, 0.25) is 0 Å². The molecule has 21 nitrogen and oxygen atoms in total. The number of benzene rings is 3. The quantitative estimate of drug-likeness (QED) is 0.159. The van der Waals surface area contributed by atoms with Crippen LogP contribution in [0.3, 0.4) is 0 Å². The average Bonchev–Trinajstić information content (AvgIpc) is 3.31. The molecule has 376 valence electrons. The molecule has 7 N–H and O–H groups in total. The molecular formula is C49H63N9O12. The molecule has 1 aliphatic heterocycles. The van der Waals surface area contributed by atoms with Gasteiger partial charge in [0, 0.05) is 40.3 Å². The maximum Gasteiger partial charge on any atom is 0.328 e. The molecule has 3 aromatic rings. The van der Waals surface area contributed by atoms with Crippen LogP contribution >= 0.6 is 0 Å². The summed E-state index contributed by atoms with van der Waals surface area (Å²) < 4.78 is 11.1. The Labute approximate surface area is 406 Å². The van der Waals surface area contributed by atoms with Gasteiger partial charge in [0.05, 0.1) is 31.6 Å². The van der Waals surface area contributed by atoms with Crippen molar-refractivity contribution in [3.8, 4) is 11.5 Å². The van der Waals surface area contributed by atoms with Crippen LogP contribution in [-0.2, 0) is 59.1 Å². The van der Waals surface area contributed by atoms with Crippen molar-refractivity contribution in [3.05, 3.63) is 84.4 Å². The molecule has 0 aliphatic carbocycles. The number of amides is 9. The van der Waals surface area contributed by atoms with E-state index in [-0.39, 0.29) is 67.3 Å². The summed E-state index contributed by atoms with van der Waals surface area (Å²) in [5.74, 6) is -6.70. The number of anilines is 2. The number of fused-ring (bicyclic) bond motifs is 2. The van der Waals surface area contributed by atoms with Crippen molar-refractivity contribution < 1.29 is 57.4 Å². The molecule has 1 heterocycles. The van der Waals surface area contributed by atoms with E-state index < -0.39 is 102 Å². The number of nitrogens with zero attached hydrogens (tertiary/aromatic N) is 2. The van der Waals surface area contributed by atoms with E-state index in [1.165, 1.54) is 27.9 Å². The lowest BCUT2D eigenvalue weighted by Crippen LogP contribution is -2.59. The van der Waals surface area contributed by atoms with Crippen LogP contribution in [0.1, 0.15) is 65.4 Å². The maximum absolute atomic E-state index is 14.3. The minimum atomic E-state index is -1.46. The highest BCUT2D eigenvalue weighted by atomic mass is 16.5. The number of likely N-dealkylation sites (N-methyl/N-ethyl adjacent to an activating group) is 2. The number of esters is 1. The fourth-order valence-electron chi connectivity index (χ4n) is 7.23. The van der Waals surface area contributed by atoms with Gasteiger partial charge in [-0.05, 0) is 61.9 Å². The summed E-state index contributed by atoms with van der Waals surface area (Å²) in [6.07, 6.45) is -1.10. The highest BCUT2D eigenvalue weighted by Crippen LogP contribution is 2.34. The Morgan fingerprint density at radius 2 is 1.24 bits per heavy atom. The Morgan fingerprint density at radius 3 is 1.77 bits per heavy atom. The van der Waals surface area contributed by atoms with Gasteiger partial charge in [0.25, 0.3) is 0 Å². The number of hydrogen-bond acceptors (Lipinski definition) is 12. The molecule has 9 amide bonds. The number of ether oxygens (including phenoxy) is 2. The zero-order chi connectivity index (χ0) is 51.5. The van der Waals surface area contributed by atoms with E-state index in [0.29, 0.717) is 5.56 Å². The molecule has 0 fully saturated rings. The minimum Gasteiger partial charge on any atom is -0.467 e. The van der Waals surface area contributed by atoms with E-state index in [2.05, 4.69) is 37.2 Å². The van der Waals surface area contributed by atoms with Gasteiger partial charge in [-0.2, -0.15) is 0 Å². The summed E-state index contributed by atoms with van der Waals surface area (Å²) in [7, 11) is 3.93. The van der Waals surface area contributed by atoms with Crippen molar-refractivity contribution >= 4 is 70.5 Å². The fraction of sp³-hybridized carbons (Fsp3) is 0.429. The van der Waals surface area contributed by atoms with Crippen LogP contribution in [0.15, 0.2) is 78.9 Å². The van der Waals surface area contributed by atoms with Crippen LogP contribution < -0.4 is 42.0 Å². The highest BCUT2D eigenvalue weighted by Gasteiger charge is 2.33. The van der Waals surface area contributed by atoms with E-state index in [0.717, 1.165) is 16.9 Å². The lowest BCUT2D eigenvalue weighted by Gasteiger charge is -2.27. The minimum absolute atomic E-state index is 0.0723. The summed E-state index contributed by atoms with van der Waals surface area (Å²) in [5.41, 5.74) is 1.07. The Morgan fingerprint density at radius 1 is 0.714 bits per heavy atom. The van der Waals surface area contributed by atoms with Gasteiger partial charge in [-0.1, -0.05) is 68.4 Å². The number of rotatable bonds is 8. The highest BCUT2D eigenvalue weighted by molar-refractivity contribution is 5.99. The Kier molecular flexibility index (Phi) is 20.8. The van der Waals surface area contributed by atoms with E-state index in [4.69, 9.17) is 9.47 Å². The van der Waals surface area contributed by atoms with Gasteiger partial charge in [0.1, 0.15) is 30.2 Å². The predicted molar refractivity (Wildman–Crippen MR) is 257 cm³/mol. The first-order valence-corrected chi connectivity index (χ1v) is 22.8. The summed E-state index contributed by atoms with van der Waals surface area (Å²) in [6.45, 7) is 5.33. The Balaban J connectivity index is 1.70. The second-order valence-corrected chi connectivity index (χ2v) is 17.3. The maximum atomic E-state index is 14.3. The van der Waals surface area contributed by atoms with E-state index in [9.17, 15) is 47.9 Å². The zero-order valence-electron chi connectivity index (χ0n) is 40.4. The SMILES string of the molecule is COC(=O)[C@H](CC(C)C)NC(=O)[C@@H]1CCC(=O)N(C)CC(=O)Nc2ccccc2Oc2ccccc2NC(=O)CN(C)C(=O)CC[C@H](NC(C)=O)C(=O)N[C@@H](C)C(=O)N[C@@H](Cc2ccccc2)C(=O)N1. The van der Waals surface area contributed by atoms with E-state index in [1.54, 1.807) is 78.9 Å². The molecule has 0 radical (unpaired) electrons. The normalized spacial score (nSPS) is 20.2. The molecule has 0 saturated heterocycles. The van der Waals surface area contributed by atoms with Gasteiger partial charge < -0.3 is 56.5 Å². The average molecular weight is 970 g/mol. The third-order valence-corrected chi connectivity index (χ3v) is 11.0. The lowest BCUT2D eigenvalue weighted by atomic mass is 10.0. The first-order valence-electron chi connectivity index (χ1n) is 22.8. The number of methoxy groups -OCH3 is 1. The van der Waals surface area contributed by atoms with Crippen molar-refractivity contribution in [1.29, 1.82) is 0 Å². The largest absolute Gasteiger partial charge is 0.467 e. The number of nitrogens with one attached hydrogen (secondary N) is 7. The second-order valence-electron chi connectivity index (χ2n) is 17.3. The zero-order valence-corrected chi connectivity index (χ0v) is 40.4. The standard InChI is InChI=1S/C49H63N9O12/c1-29(2)25-38(49(68)69-7)56-47(66)36-22-24-44(63)58(6)28-42(61)53-34-18-12-14-20-40(34)70-39-19-13-11-17-33(39)52-41(60)27-57(5)43(62)23-21-35(51-31(4)59)46(65)50-30(3)45(64)55-37(48(67)54-36)26-32-15-9-8-10-16-32/h8-20,29-30,35-38H,21-28H2,1-7H3,(H,50,65)(H,51,59)(H,52,60)(H,53,61)(H,54,67)(H,55,64)(H,56,66)/t30-,35-,36-,37-,38-/m0/s1. The van der Waals surface area contributed by atoms with Gasteiger partial charge in [0.2, 0.25) is 53.2 Å². The monoisotopic (exact) mass is 969 g/mol. The van der Waals surface area contributed by atoms with Crippen molar-refractivity contribution in [2.75, 3.05) is 44.9 Å². The van der Waals surface area contributed by atoms with E-state index in [1.807, 2.05) is 13.8 Å². The van der Waals surface area contributed by atoms with Gasteiger partial charge >= 0.3 is 5.97 Å². The molecular weight excluding hydrogens is 907 g/mol. The molecule has 0 aromatic heterocycles. The molecule has 3 aromatic carbocycles. The third kappa shape index (κ3) is 17.4. The number of para-hydroxylation sites is 4. The summed E-state index contributed by atoms with van der Waals surface area (Å²) >= 11 is 0. The lowest BCUT2D eigenvalue weighted by molar-refractivity contribution is -0.146. The molecule has 5 atom stereocenters. The van der Waals surface area contributed by atoms with Crippen LogP contribution in [0.4, 0.5) is 11.4 Å². The predicted octanol–water partition coefficient (Wildman–Crippen LogP) is 1.77. The van der Waals surface area contributed by atoms with Crippen LogP contribution in [-0.4, -0.2) is 133 Å². The van der Waals surface area contributed by atoms with Crippen LogP contribution in [0.25, 0.3) is 0 Å². The molecule has 21 heteroatoms. The molecule has 0 spiro atoms. The van der Waals surface area contributed by atoms with E-state index >= 15 is 0 Å². The van der Waals surface area contributed by atoms with Gasteiger partial charge in [-0.25, -0.2) is 4.79 Å². The molecule has 1 aliphatic rings. The molecule has 0 bridgehead atoms. The van der Waals surface area contributed by atoms with Crippen LogP contribution in [0.5, 0.6) is 11.5 Å². The first kappa shape index (κ1) is 54.8. The van der Waals surface area contributed by atoms with Gasteiger partial charge in [-0.3, -0.25) is 43.2 Å². The fourth-order valence-corrected chi connectivity index (χ4v) is 7.23. The molecule has 70 heavy (non-hydrogen) atoms. The molecule has 0 unspecified atom stereocenters. The molecule has 4 rings (SSSR count). The topological polar surface area (TPSA) is 280 Å². The molecule has 0 saturated carbocycles. The Bertz CT molecular complexity index is 2380. The first-order chi connectivity index (χ1) is 33.2. The van der Waals surface area contributed by atoms with Crippen molar-refractivity contribution in [1.82, 2.24) is 36.4 Å². The second kappa shape index (κ2) is 26.6. The van der Waals surface area contributed by atoms with Crippen molar-refractivity contribution in [2.45, 2.75) is 96.4 Å². The summed E-state index contributed by atoms with van der Waals surface area (Å²) in [4.78, 5) is 137. The van der Waals surface area contributed by atoms with Crippen LogP contribution in [0, 0.1) is 5.92 Å². The Hall–Kier alpha value is -7.84. The summed E-state index contributed by atoms with van der Waals surface area (Å²) in [6, 6.07) is 15.0. The van der Waals surface area contributed by atoms with Crippen molar-refractivity contribution in [3.63, 3.8) is 0 Å².